The molecular formula is C21H24FN5O3S2. The van der Waals surface area contributed by atoms with Crippen LogP contribution in [-0.2, 0) is 21.4 Å². The van der Waals surface area contributed by atoms with Gasteiger partial charge in [0.05, 0.1) is 21.7 Å². The molecule has 1 amide bonds. The molecule has 0 bridgehead atoms. The number of hydrogen-bond donors (Lipinski definition) is 1. The van der Waals surface area contributed by atoms with Crippen molar-refractivity contribution in [1.82, 2.24) is 14.5 Å². The molecule has 4 rings (SSSR count). The van der Waals surface area contributed by atoms with Crippen molar-refractivity contribution < 1.29 is 17.6 Å². The number of carbonyl (C=O) groups excluding carboxylic acids is 1. The van der Waals surface area contributed by atoms with Crippen LogP contribution in [0.1, 0.15) is 6.92 Å². The maximum absolute atomic E-state index is 13.1. The zero-order valence-electron chi connectivity index (χ0n) is 17.6. The quantitative estimate of drug-likeness (QED) is 0.547. The molecule has 0 atom stereocenters. The van der Waals surface area contributed by atoms with E-state index in [1.807, 2.05) is 16.4 Å². The second-order valence-electron chi connectivity index (χ2n) is 7.47. The van der Waals surface area contributed by atoms with Crippen LogP contribution >= 0.6 is 11.8 Å². The number of halogens is 1. The van der Waals surface area contributed by atoms with E-state index in [-0.39, 0.29) is 22.4 Å². The second-order valence-corrected chi connectivity index (χ2v) is 9.97. The number of sulfonamides is 1. The molecular weight excluding hydrogens is 453 g/mol. The number of benzene rings is 2. The van der Waals surface area contributed by atoms with Gasteiger partial charge in [-0.15, -0.1) is 0 Å². The molecule has 0 radical (unpaired) electrons. The smallest absolute Gasteiger partial charge is 0.238 e. The highest BCUT2D eigenvalue weighted by Crippen LogP contribution is 2.26. The molecule has 1 aliphatic heterocycles. The Labute approximate surface area is 190 Å². The first-order valence-corrected chi connectivity index (χ1v) is 12.7. The van der Waals surface area contributed by atoms with Gasteiger partial charge in [-0.3, -0.25) is 4.79 Å². The normalized spacial score (nSPS) is 14.8. The predicted octanol–water partition coefficient (Wildman–Crippen LogP) is 2.28. The fourth-order valence-corrected chi connectivity index (χ4v) is 5.28. The van der Waals surface area contributed by atoms with Gasteiger partial charge in [0.15, 0.2) is 5.16 Å². The van der Waals surface area contributed by atoms with Gasteiger partial charge in [0, 0.05) is 38.4 Å². The maximum Gasteiger partial charge on any atom is 0.238 e. The number of fused-ring (bicyclic) bond motifs is 1. The molecule has 3 aromatic rings. The lowest BCUT2D eigenvalue weighted by molar-refractivity contribution is -0.128. The van der Waals surface area contributed by atoms with Crippen LogP contribution in [0.4, 0.5) is 10.1 Å². The highest BCUT2D eigenvalue weighted by molar-refractivity contribution is 7.99. The maximum atomic E-state index is 13.1. The van der Waals surface area contributed by atoms with Gasteiger partial charge >= 0.3 is 0 Å². The number of amides is 1. The molecule has 1 fully saturated rings. The Morgan fingerprint density at radius 3 is 2.44 bits per heavy atom. The number of imidazole rings is 1. The number of nitrogens with zero attached hydrogens (tertiary/aromatic N) is 4. The number of hydrogen-bond acceptors (Lipinski definition) is 6. The Kier molecular flexibility index (Phi) is 6.40. The molecule has 1 saturated heterocycles. The number of carbonyl (C=O) groups is 1. The van der Waals surface area contributed by atoms with Gasteiger partial charge in [-0.2, -0.15) is 0 Å². The SMILES string of the molecule is CCn1c(SCC(=O)N2CCN(c3ccc(F)cc3)CC2)nc2cc(S(N)(=O)=O)ccc21. The van der Waals surface area contributed by atoms with Crippen LogP contribution in [0.3, 0.4) is 0 Å². The Balaban J connectivity index is 1.40. The minimum Gasteiger partial charge on any atom is -0.368 e. The third-order valence-corrected chi connectivity index (χ3v) is 7.35. The van der Waals surface area contributed by atoms with Crippen molar-refractivity contribution in [3.05, 3.63) is 48.3 Å². The van der Waals surface area contributed by atoms with Gasteiger partial charge in [0.2, 0.25) is 15.9 Å². The molecule has 2 aromatic carbocycles. The van der Waals surface area contributed by atoms with Crippen molar-refractivity contribution in [2.75, 3.05) is 36.8 Å². The summed E-state index contributed by atoms with van der Waals surface area (Å²) in [7, 11) is -3.81. The molecule has 0 unspecified atom stereocenters. The van der Waals surface area contributed by atoms with Crippen molar-refractivity contribution in [3.8, 4) is 0 Å². The van der Waals surface area contributed by atoms with Crippen LogP contribution in [0.2, 0.25) is 0 Å². The van der Waals surface area contributed by atoms with Crippen LogP contribution in [0, 0.1) is 5.82 Å². The van der Waals surface area contributed by atoms with E-state index in [0.717, 1.165) is 11.2 Å². The first-order valence-electron chi connectivity index (χ1n) is 10.2. The van der Waals surface area contributed by atoms with E-state index in [1.54, 1.807) is 18.2 Å². The Morgan fingerprint density at radius 2 is 1.81 bits per heavy atom. The van der Waals surface area contributed by atoms with Crippen molar-refractivity contribution in [2.45, 2.75) is 23.5 Å². The Morgan fingerprint density at radius 1 is 1.12 bits per heavy atom. The molecule has 2 N–H and O–H groups in total. The minimum absolute atomic E-state index is 0.0115. The predicted molar refractivity (Wildman–Crippen MR) is 123 cm³/mol. The number of aromatic nitrogens is 2. The average Bonchev–Trinajstić information content (AvgIpc) is 3.14. The molecule has 1 aromatic heterocycles. The Bertz CT molecular complexity index is 1240. The van der Waals surface area contributed by atoms with E-state index >= 15 is 0 Å². The van der Waals surface area contributed by atoms with E-state index in [2.05, 4.69) is 9.88 Å². The van der Waals surface area contributed by atoms with Crippen LogP contribution in [0.5, 0.6) is 0 Å². The first-order chi connectivity index (χ1) is 15.3. The summed E-state index contributed by atoms with van der Waals surface area (Å²) < 4.78 is 38.3. The summed E-state index contributed by atoms with van der Waals surface area (Å²) in [5.41, 5.74) is 2.27. The topological polar surface area (TPSA) is 102 Å². The third kappa shape index (κ3) is 4.74. The summed E-state index contributed by atoms with van der Waals surface area (Å²) in [5.74, 6) is -0.00527. The summed E-state index contributed by atoms with van der Waals surface area (Å²) in [6.45, 7) is 5.17. The van der Waals surface area contributed by atoms with E-state index in [0.29, 0.717) is 43.4 Å². The van der Waals surface area contributed by atoms with E-state index in [9.17, 15) is 17.6 Å². The van der Waals surface area contributed by atoms with Crippen molar-refractivity contribution in [2.24, 2.45) is 5.14 Å². The van der Waals surface area contributed by atoms with Crippen molar-refractivity contribution >= 4 is 44.4 Å². The standard InChI is InChI=1S/C21H24FN5O3S2/c1-2-27-19-8-7-17(32(23,29)30)13-18(19)24-21(27)31-14-20(28)26-11-9-25(10-12-26)16-5-3-15(22)4-6-16/h3-8,13H,2,9-12,14H2,1H3,(H2,23,29,30). The fourth-order valence-electron chi connectivity index (χ4n) is 3.76. The van der Waals surface area contributed by atoms with Crippen LogP contribution in [-0.4, -0.2) is 60.7 Å². The molecule has 2 heterocycles. The summed E-state index contributed by atoms with van der Waals surface area (Å²) in [6.07, 6.45) is 0. The van der Waals surface area contributed by atoms with Crippen molar-refractivity contribution in [3.63, 3.8) is 0 Å². The minimum atomic E-state index is -3.81. The number of primary sulfonamides is 1. The molecule has 0 spiro atoms. The summed E-state index contributed by atoms with van der Waals surface area (Å²) in [6, 6.07) is 11.0. The van der Waals surface area contributed by atoms with Gasteiger partial charge in [-0.25, -0.2) is 22.9 Å². The lowest BCUT2D eigenvalue weighted by Crippen LogP contribution is -2.49. The largest absolute Gasteiger partial charge is 0.368 e. The molecule has 11 heteroatoms. The summed E-state index contributed by atoms with van der Waals surface area (Å²) >= 11 is 1.34. The summed E-state index contributed by atoms with van der Waals surface area (Å²) in [4.78, 5) is 21.3. The van der Waals surface area contributed by atoms with Crippen LogP contribution in [0.15, 0.2) is 52.5 Å². The van der Waals surface area contributed by atoms with Gasteiger partial charge in [0.25, 0.3) is 0 Å². The van der Waals surface area contributed by atoms with Crippen LogP contribution < -0.4 is 10.0 Å². The molecule has 0 saturated carbocycles. The fraction of sp³-hybridized carbons (Fsp3) is 0.333. The Hall–Kier alpha value is -2.63. The van der Waals surface area contributed by atoms with E-state index < -0.39 is 10.0 Å². The number of rotatable bonds is 6. The number of piperazine rings is 1. The van der Waals surface area contributed by atoms with Gasteiger partial charge in [-0.1, -0.05) is 11.8 Å². The first kappa shape index (κ1) is 22.6. The second kappa shape index (κ2) is 9.08. The molecule has 8 nitrogen and oxygen atoms in total. The molecule has 32 heavy (non-hydrogen) atoms. The molecule has 0 aliphatic carbocycles. The molecule has 170 valence electrons. The highest BCUT2D eigenvalue weighted by Gasteiger charge is 2.22. The monoisotopic (exact) mass is 477 g/mol. The van der Waals surface area contributed by atoms with E-state index in [1.165, 1.54) is 36.0 Å². The van der Waals surface area contributed by atoms with Gasteiger partial charge in [0.1, 0.15) is 5.82 Å². The number of thioether (sulfide) groups is 1. The lowest BCUT2D eigenvalue weighted by Gasteiger charge is -2.36. The van der Waals surface area contributed by atoms with E-state index in [4.69, 9.17) is 5.14 Å². The third-order valence-electron chi connectivity index (χ3n) is 5.48. The van der Waals surface area contributed by atoms with Crippen LogP contribution in [0.25, 0.3) is 11.0 Å². The lowest BCUT2D eigenvalue weighted by atomic mass is 10.2. The van der Waals surface area contributed by atoms with Crippen molar-refractivity contribution in [1.29, 1.82) is 0 Å². The zero-order chi connectivity index (χ0) is 22.9. The molecule has 1 aliphatic rings. The number of nitrogens with two attached hydrogens (primary N) is 1. The van der Waals surface area contributed by atoms with Gasteiger partial charge < -0.3 is 14.4 Å². The average molecular weight is 478 g/mol. The van der Waals surface area contributed by atoms with Gasteiger partial charge in [-0.05, 0) is 49.4 Å². The summed E-state index contributed by atoms with van der Waals surface area (Å²) in [5, 5.41) is 5.88. The zero-order valence-corrected chi connectivity index (χ0v) is 19.2. The number of anilines is 1. The number of aryl methyl sites for hydroxylation is 1. The highest BCUT2D eigenvalue weighted by atomic mass is 32.2.